The summed E-state index contributed by atoms with van der Waals surface area (Å²) in [5.41, 5.74) is 0.694. The molecule has 3 heteroatoms. The zero-order chi connectivity index (χ0) is 11.2. The van der Waals surface area contributed by atoms with Crippen molar-refractivity contribution in [2.24, 2.45) is 5.41 Å². The van der Waals surface area contributed by atoms with Gasteiger partial charge in [-0.05, 0) is 24.5 Å². The maximum atomic E-state index is 11.9. The van der Waals surface area contributed by atoms with Gasteiger partial charge in [-0.15, -0.1) is 0 Å². The molecule has 2 N–H and O–H groups in total. The quantitative estimate of drug-likeness (QED) is 0.753. The van der Waals surface area contributed by atoms with Crippen LogP contribution in [0.4, 0.5) is 0 Å². The number of rotatable bonds is 1. The van der Waals surface area contributed by atoms with Crippen molar-refractivity contribution < 1.29 is 9.90 Å². The topological polar surface area (TPSA) is 49.3 Å². The lowest BCUT2D eigenvalue weighted by atomic mass is 9.60. The minimum absolute atomic E-state index is 0.148. The standard InChI is InChI=1S/C13H15NO2/c15-11-5-2-1-4-9(11)10-8-14-12(16)13(10)6-3-7-13/h1-2,4-5,10,15H,3,6-8H2,(H,14,16)/t10-/m0/s1. The van der Waals surface area contributed by atoms with E-state index in [0.717, 1.165) is 24.8 Å². The molecule has 1 spiro atoms. The van der Waals surface area contributed by atoms with E-state index in [2.05, 4.69) is 5.32 Å². The Morgan fingerprint density at radius 1 is 1.31 bits per heavy atom. The molecule has 16 heavy (non-hydrogen) atoms. The third-order valence-electron chi connectivity index (χ3n) is 4.14. The molecule has 1 atom stereocenters. The number of para-hydroxylation sites is 1. The van der Waals surface area contributed by atoms with Gasteiger partial charge in [0.15, 0.2) is 0 Å². The highest BCUT2D eigenvalue weighted by Gasteiger charge is 2.54. The molecule has 1 heterocycles. The van der Waals surface area contributed by atoms with Crippen molar-refractivity contribution in [3.05, 3.63) is 29.8 Å². The first kappa shape index (κ1) is 9.70. The fraction of sp³-hybridized carbons (Fsp3) is 0.462. The lowest BCUT2D eigenvalue weighted by molar-refractivity contribution is -0.132. The lowest BCUT2D eigenvalue weighted by Gasteiger charge is -2.40. The Hall–Kier alpha value is -1.51. The second-order valence-corrected chi connectivity index (χ2v) is 4.83. The molecule has 84 valence electrons. The van der Waals surface area contributed by atoms with E-state index in [0.29, 0.717) is 12.3 Å². The predicted octanol–water partition coefficient (Wildman–Crippen LogP) is 1.78. The van der Waals surface area contributed by atoms with Crippen LogP contribution >= 0.6 is 0 Å². The van der Waals surface area contributed by atoms with Crippen molar-refractivity contribution >= 4 is 5.91 Å². The van der Waals surface area contributed by atoms with Gasteiger partial charge in [0, 0.05) is 12.5 Å². The van der Waals surface area contributed by atoms with E-state index in [-0.39, 0.29) is 17.2 Å². The first-order valence-corrected chi connectivity index (χ1v) is 5.80. The Labute approximate surface area is 94.5 Å². The van der Waals surface area contributed by atoms with Crippen molar-refractivity contribution in [3.63, 3.8) is 0 Å². The zero-order valence-electron chi connectivity index (χ0n) is 9.07. The van der Waals surface area contributed by atoms with E-state index in [1.54, 1.807) is 6.07 Å². The fourth-order valence-electron chi connectivity index (χ4n) is 3.05. The highest BCUT2D eigenvalue weighted by atomic mass is 16.3. The van der Waals surface area contributed by atoms with Crippen molar-refractivity contribution in [2.75, 3.05) is 6.54 Å². The lowest BCUT2D eigenvalue weighted by Crippen LogP contribution is -2.40. The van der Waals surface area contributed by atoms with Gasteiger partial charge in [-0.25, -0.2) is 0 Å². The molecular formula is C13H15NO2. The predicted molar refractivity (Wildman–Crippen MR) is 60.1 cm³/mol. The third kappa shape index (κ3) is 1.11. The van der Waals surface area contributed by atoms with Gasteiger partial charge >= 0.3 is 0 Å². The van der Waals surface area contributed by atoms with Crippen LogP contribution in [0.5, 0.6) is 5.75 Å². The number of aromatic hydroxyl groups is 1. The van der Waals surface area contributed by atoms with Gasteiger partial charge in [0.05, 0.1) is 5.41 Å². The Bertz CT molecular complexity index is 437. The van der Waals surface area contributed by atoms with E-state index in [4.69, 9.17) is 0 Å². The molecule has 2 fully saturated rings. The van der Waals surface area contributed by atoms with Gasteiger partial charge in [0.2, 0.25) is 5.91 Å². The number of hydrogen-bond donors (Lipinski definition) is 2. The summed E-state index contributed by atoms with van der Waals surface area (Å²) in [7, 11) is 0. The fourth-order valence-corrected chi connectivity index (χ4v) is 3.05. The number of phenols is 1. The minimum Gasteiger partial charge on any atom is -0.508 e. The van der Waals surface area contributed by atoms with Gasteiger partial charge in [0.1, 0.15) is 5.75 Å². The number of hydrogen-bond acceptors (Lipinski definition) is 2. The van der Waals surface area contributed by atoms with Crippen molar-refractivity contribution in [2.45, 2.75) is 25.2 Å². The average Bonchev–Trinajstić information content (AvgIpc) is 2.56. The highest BCUT2D eigenvalue weighted by molar-refractivity contribution is 5.87. The summed E-state index contributed by atoms with van der Waals surface area (Å²) in [6, 6.07) is 7.37. The summed E-state index contributed by atoms with van der Waals surface area (Å²) in [6.07, 6.45) is 3.03. The maximum Gasteiger partial charge on any atom is 0.226 e. The van der Waals surface area contributed by atoms with Gasteiger partial charge in [-0.1, -0.05) is 24.6 Å². The molecule has 3 rings (SSSR count). The second kappa shape index (κ2) is 3.24. The highest BCUT2D eigenvalue weighted by Crippen LogP contribution is 2.55. The third-order valence-corrected chi connectivity index (χ3v) is 4.14. The first-order valence-electron chi connectivity index (χ1n) is 5.80. The smallest absolute Gasteiger partial charge is 0.226 e. The summed E-state index contributed by atoms with van der Waals surface area (Å²) >= 11 is 0. The van der Waals surface area contributed by atoms with Crippen molar-refractivity contribution in [3.8, 4) is 5.75 Å². The van der Waals surface area contributed by atoms with Crippen LogP contribution in [-0.4, -0.2) is 17.6 Å². The van der Waals surface area contributed by atoms with E-state index >= 15 is 0 Å². The largest absolute Gasteiger partial charge is 0.508 e. The van der Waals surface area contributed by atoms with Gasteiger partial charge in [-0.2, -0.15) is 0 Å². The molecule has 2 aliphatic rings. The van der Waals surface area contributed by atoms with Crippen LogP contribution in [0.15, 0.2) is 24.3 Å². The molecule has 0 aromatic heterocycles. The van der Waals surface area contributed by atoms with E-state index in [9.17, 15) is 9.90 Å². The molecule has 0 radical (unpaired) electrons. The van der Waals surface area contributed by atoms with Crippen molar-refractivity contribution in [1.29, 1.82) is 0 Å². The number of carbonyl (C=O) groups excluding carboxylic acids is 1. The summed E-state index contributed by atoms with van der Waals surface area (Å²) in [6.45, 7) is 0.663. The van der Waals surface area contributed by atoms with Crippen LogP contribution in [0.1, 0.15) is 30.7 Å². The van der Waals surface area contributed by atoms with Gasteiger partial charge < -0.3 is 10.4 Å². The monoisotopic (exact) mass is 217 g/mol. The number of nitrogens with one attached hydrogen (secondary N) is 1. The summed E-state index contributed by atoms with van der Waals surface area (Å²) in [4.78, 5) is 11.9. The van der Waals surface area contributed by atoms with E-state index in [1.807, 2.05) is 18.2 Å². The maximum absolute atomic E-state index is 11.9. The molecule has 3 nitrogen and oxygen atoms in total. The summed E-state index contributed by atoms with van der Waals surface area (Å²) in [5.74, 6) is 0.636. The molecule has 1 saturated heterocycles. The Morgan fingerprint density at radius 2 is 2.06 bits per heavy atom. The second-order valence-electron chi connectivity index (χ2n) is 4.83. The number of carbonyl (C=O) groups is 1. The molecule has 0 bridgehead atoms. The average molecular weight is 217 g/mol. The summed E-state index contributed by atoms with van der Waals surface area (Å²) in [5, 5.41) is 12.8. The Morgan fingerprint density at radius 3 is 2.69 bits per heavy atom. The van der Waals surface area contributed by atoms with Crippen molar-refractivity contribution in [1.82, 2.24) is 5.32 Å². The summed E-state index contributed by atoms with van der Waals surface area (Å²) < 4.78 is 0. The molecule has 1 amide bonds. The number of benzene rings is 1. The zero-order valence-corrected chi connectivity index (χ0v) is 9.07. The number of amides is 1. The van der Waals surface area contributed by atoms with Crippen LogP contribution in [0.3, 0.4) is 0 Å². The van der Waals surface area contributed by atoms with Crippen LogP contribution in [0.25, 0.3) is 0 Å². The molecule has 1 aromatic carbocycles. The molecule has 1 saturated carbocycles. The number of phenolic OH excluding ortho intramolecular Hbond substituents is 1. The molecule has 1 aliphatic carbocycles. The van der Waals surface area contributed by atoms with Gasteiger partial charge in [-0.3, -0.25) is 4.79 Å². The molecular weight excluding hydrogens is 202 g/mol. The van der Waals surface area contributed by atoms with Crippen LogP contribution in [0.2, 0.25) is 0 Å². The molecule has 1 aromatic rings. The minimum atomic E-state index is -0.223. The molecule has 0 unspecified atom stereocenters. The van der Waals surface area contributed by atoms with Crippen LogP contribution < -0.4 is 5.32 Å². The van der Waals surface area contributed by atoms with E-state index in [1.165, 1.54) is 0 Å². The van der Waals surface area contributed by atoms with Crippen LogP contribution in [0, 0.1) is 5.41 Å². The van der Waals surface area contributed by atoms with E-state index < -0.39 is 0 Å². The van der Waals surface area contributed by atoms with Crippen LogP contribution in [-0.2, 0) is 4.79 Å². The van der Waals surface area contributed by atoms with Gasteiger partial charge in [0.25, 0.3) is 0 Å². The molecule has 1 aliphatic heterocycles. The first-order chi connectivity index (χ1) is 7.74. The Balaban J connectivity index is 2.02. The normalized spacial score (nSPS) is 26.5. The Kier molecular flexibility index (Phi) is 1.96. The SMILES string of the molecule is O=C1NC[C@@H](c2ccccc2O)C12CCC2.